The number of anilines is 3. The van der Waals surface area contributed by atoms with Crippen LogP contribution < -0.4 is 4.90 Å². The van der Waals surface area contributed by atoms with Crippen molar-refractivity contribution in [2.75, 3.05) is 4.90 Å². The number of nitrogens with zero attached hydrogens (tertiary/aromatic N) is 1. The second-order valence-electron chi connectivity index (χ2n) is 14.1. The fraction of sp³-hybridized carbons (Fsp3) is 0. The van der Waals surface area contributed by atoms with Gasteiger partial charge in [0.05, 0.1) is 11.1 Å². The molecule has 0 aliphatic heterocycles. The predicted octanol–water partition coefficient (Wildman–Crippen LogP) is 15.8. The molecule has 0 saturated heterocycles. The first-order valence-corrected chi connectivity index (χ1v) is 19.9. The molecular formula is C50H29NOS2. The molecule has 54 heavy (non-hydrogen) atoms. The highest BCUT2D eigenvalue weighted by molar-refractivity contribution is 7.28. The largest absolute Gasteiger partial charge is 0.456 e. The Labute approximate surface area is 318 Å². The van der Waals surface area contributed by atoms with Gasteiger partial charge >= 0.3 is 0 Å². The number of furan rings is 1. The van der Waals surface area contributed by atoms with Gasteiger partial charge in [0.2, 0.25) is 0 Å². The van der Waals surface area contributed by atoms with Crippen molar-refractivity contribution in [1.82, 2.24) is 0 Å². The minimum Gasteiger partial charge on any atom is -0.456 e. The average molecular weight is 724 g/mol. The Balaban J connectivity index is 1.10. The van der Waals surface area contributed by atoms with Crippen molar-refractivity contribution in [1.29, 1.82) is 0 Å². The van der Waals surface area contributed by atoms with Crippen molar-refractivity contribution >= 4 is 124 Å². The summed E-state index contributed by atoms with van der Waals surface area (Å²) < 4.78 is 11.7. The summed E-state index contributed by atoms with van der Waals surface area (Å²) in [4.78, 5) is 2.41. The van der Waals surface area contributed by atoms with E-state index in [4.69, 9.17) is 4.42 Å². The zero-order valence-corrected chi connectivity index (χ0v) is 30.5. The van der Waals surface area contributed by atoms with Gasteiger partial charge in [0.1, 0.15) is 11.2 Å². The smallest absolute Gasteiger partial charge is 0.137 e. The Kier molecular flexibility index (Phi) is 6.41. The van der Waals surface area contributed by atoms with E-state index in [1.807, 2.05) is 28.7 Å². The Morgan fingerprint density at radius 2 is 1.04 bits per heavy atom. The summed E-state index contributed by atoms with van der Waals surface area (Å²) in [6.45, 7) is 0. The molecule has 0 spiro atoms. The Hall–Kier alpha value is -6.46. The van der Waals surface area contributed by atoms with Crippen molar-refractivity contribution in [2.45, 2.75) is 0 Å². The van der Waals surface area contributed by atoms with Crippen LogP contribution in [0.2, 0.25) is 0 Å². The molecule has 0 N–H and O–H groups in total. The van der Waals surface area contributed by atoms with E-state index >= 15 is 0 Å². The Bertz CT molecular complexity index is 3460. The monoisotopic (exact) mass is 723 g/mol. The summed E-state index contributed by atoms with van der Waals surface area (Å²) >= 11 is 3.79. The van der Waals surface area contributed by atoms with E-state index in [0.29, 0.717) is 0 Å². The van der Waals surface area contributed by atoms with Gasteiger partial charge in [-0.05, 0) is 99.4 Å². The highest BCUT2D eigenvalue weighted by Crippen LogP contribution is 2.49. The highest BCUT2D eigenvalue weighted by atomic mass is 32.1. The lowest BCUT2D eigenvalue weighted by molar-refractivity contribution is 0.669. The van der Waals surface area contributed by atoms with Gasteiger partial charge in [0.25, 0.3) is 0 Å². The second-order valence-corrected chi connectivity index (χ2v) is 16.2. The van der Waals surface area contributed by atoms with Crippen LogP contribution in [0.1, 0.15) is 0 Å². The third-order valence-corrected chi connectivity index (χ3v) is 13.4. The van der Waals surface area contributed by atoms with E-state index in [2.05, 4.69) is 175 Å². The normalized spacial score (nSPS) is 12.1. The van der Waals surface area contributed by atoms with Gasteiger partial charge < -0.3 is 9.32 Å². The molecule has 0 bridgehead atoms. The molecule has 12 rings (SSSR count). The first-order valence-electron chi connectivity index (χ1n) is 18.2. The van der Waals surface area contributed by atoms with Gasteiger partial charge in [0.15, 0.2) is 0 Å². The van der Waals surface area contributed by atoms with Crippen LogP contribution in [0.3, 0.4) is 0 Å². The van der Waals surface area contributed by atoms with Crippen molar-refractivity contribution < 1.29 is 4.42 Å². The van der Waals surface area contributed by atoms with Crippen LogP contribution in [0.4, 0.5) is 17.1 Å². The molecule has 0 fully saturated rings. The van der Waals surface area contributed by atoms with Crippen molar-refractivity contribution in [3.63, 3.8) is 0 Å². The molecule has 4 heteroatoms. The van der Waals surface area contributed by atoms with Gasteiger partial charge in [-0.25, -0.2) is 0 Å². The third kappa shape index (κ3) is 4.45. The number of para-hydroxylation sites is 1. The van der Waals surface area contributed by atoms with E-state index in [1.54, 1.807) is 0 Å². The van der Waals surface area contributed by atoms with Crippen molar-refractivity contribution in [2.24, 2.45) is 0 Å². The van der Waals surface area contributed by atoms with Gasteiger partial charge in [-0.2, -0.15) is 0 Å². The first-order chi connectivity index (χ1) is 26.7. The molecule has 9 aromatic carbocycles. The second kappa shape index (κ2) is 11.5. The molecule has 0 aliphatic carbocycles. The summed E-state index contributed by atoms with van der Waals surface area (Å²) in [6, 6.07) is 64.1. The van der Waals surface area contributed by atoms with Crippen LogP contribution in [-0.2, 0) is 0 Å². The lowest BCUT2D eigenvalue weighted by Gasteiger charge is -2.26. The van der Waals surface area contributed by atoms with E-state index < -0.39 is 0 Å². The summed E-state index contributed by atoms with van der Waals surface area (Å²) in [5.74, 6) is 0. The number of benzene rings is 9. The predicted molar refractivity (Wildman–Crippen MR) is 235 cm³/mol. The molecule has 0 aliphatic rings. The van der Waals surface area contributed by atoms with Crippen molar-refractivity contribution in [3.05, 3.63) is 176 Å². The van der Waals surface area contributed by atoms with Crippen LogP contribution in [0, 0.1) is 0 Å². The minimum atomic E-state index is 0.882. The fourth-order valence-electron chi connectivity index (χ4n) is 8.53. The highest BCUT2D eigenvalue weighted by Gasteiger charge is 2.22. The van der Waals surface area contributed by atoms with E-state index in [9.17, 15) is 0 Å². The first kappa shape index (κ1) is 30.0. The van der Waals surface area contributed by atoms with Crippen LogP contribution in [-0.4, -0.2) is 0 Å². The molecule has 12 aromatic rings. The summed E-state index contributed by atoms with van der Waals surface area (Å²) in [5.41, 5.74) is 7.47. The van der Waals surface area contributed by atoms with Crippen LogP contribution in [0.25, 0.3) is 95.0 Å². The Morgan fingerprint density at radius 3 is 1.93 bits per heavy atom. The lowest BCUT2D eigenvalue weighted by atomic mass is 10.0. The van der Waals surface area contributed by atoms with Gasteiger partial charge in [0, 0.05) is 57.1 Å². The molecule has 3 heterocycles. The maximum atomic E-state index is 6.43. The van der Waals surface area contributed by atoms with E-state index in [0.717, 1.165) is 39.0 Å². The summed E-state index contributed by atoms with van der Waals surface area (Å²) in [5, 5.41) is 12.6. The zero-order valence-electron chi connectivity index (χ0n) is 28.9. The maximum Gasteiger partial charge on any atom is 0.137 e. The average Bonchev–Trinajstić information content (AvgIpc) is 3.92. The van der Waals surface area contributed by atoms with Gasteiger partial charge in [-0.15, -0.1) is 22.7 Å². The topological polar surface area (TPSA) is 16.4 Å². The van der Waals surface area contributed by atoms with E-state index in [-0.39, 0.29) is 0 Å². The molecule has 3 aromatic heterocycles. The van der Waals surface area contributed by atoms with Crippen LogP contribution in [0.15, 0.2) is 180 Å². The fourth-order valence-corrected chi connectivity index (χ4v) is 10.9. The molecule has 0 unspecified atom stereocenters. The lowest BCUT2D eigenvalue weighted by Crippen LogP contribution is -2.10. The molecule has 252 valence electrons. The van der Waals surface area contributed by atoms with Gasteiger partial charge in [-0.3, -0.25) is 0 Å². The minimum absolute atomic E-state index is 0.882. The number of hydrogen-bond donors (Lipinski definition) is 0. The zero-order chi connectivity index (χ0) is 35.3. The quantitative estimate of drug-likeness (QED) is 0.180. The molecule has 2 nitrogen and oxygen atoms in total. The van der Waals surface area contributed by atoms with Crippen molar-refractivity contribution in [3.8, 4) is 11.1 Å². The molecule has 0 radical (unpaired) electrons. The third-order valence-electron chi connectivity index (χ3n) is 11.0. The Morgan fingerprint density at radius 1 is 0.370 bits per heavy atom. The molecular weight excluding hydrogens is 695 g/mol. The number of thiophene rings is 2. The number of hydrogen-bond acceptors (Lipinski definition) is 4. The SMILES string of the molecule is c1ccc2cc(-c3ccc(N(c4ccc5sc6ccc7sc8c9ccccc9ccc8c7c6c5c4)c4cccc5oc6ccccc6c45)cc3)ccc2c1. The number of fused-ring (bicyclic) bond motifs is 13. The van der Waals surface area contributed by atoms with E-state index in [1.165, 1.54) is 73.0 Å². The maximum absolute atomic E-state index is 6.43. The molecule has 0 atom stereocenters. The molecule has 0 amide bonds. The summed E-state index contributed by atoms with van der Waals surface area (Å²) in [7, 11) is 0. The van der Waals surface area contributed by atoms with Gasteiger partial charge in [-0.1, -0.05) is 109 Å². The standard InChI is InChI=1S/C50H29NOS2/c1-2-10-33-28-34(17-16-30(33)8-1)31-18-21-35(22-19-31)51(41-13-7-15-43-47(41)38-12-5-6-14-42(38)52-43)36-23-25-44-40(29-36)49-45(53-44)26-27-46-48(49)39-24-20-32-9-3-4-11-37(32)50(39)54-46/h1-29H. The summed E-state index contributed by atoms with van der Waals surface area (Å²) in [6.07, 6.45) is 0. The van der Waals surface area contributed by atoms with Crippen LogP contribution in [0.5, 0.6) is 0 Å². The molecule has 0 saturated carbocycles. The van der Waals surface area contributed by atoms with Crippen LogP contribution >= 0.6 is 22.7 Å². The number of rotatable bonds is 4.